The van der Waals surface area contributed by atoms with E-state index in [0.29, 0.717) is 19.0 Å². The van der Waals surface area contributed by atoms with E-state index in [1.807, 2.05) is 0 Å². The van der Waals surface area contributed by atoms with E-state index in [-0.39, 0.29) is 10.5 Å². The molecule has 0 aromatic heterocycles. The Morgan fingerprint density at radius 3 is 2.58 bits per heavy atom. The van der Waals surface area contributed by atoms with Gasteiger partial charge in [0.1, 0.15) is 11.9 Å². The van der Waals surface area contributed by atoms with Crippen molar-refractivity contribution in [1.82, 2.24) is 4.31 Å². The third kappa shape index (κ3) is 2.77. The number of sulfonamides is 1. The van der Waals surface area contributed by atoms with Gasteiger partial charge in [0.2, 0.25) is 10.0 Å². The molecule has 1 aliphatic rings. The third-order valence-electron chi connectivity index (χ3n) is 3.44. The van der Waals surface area contributed by atoms with Gasteiger partial charge in [-0.15, -0.1) is 0 Å². The normalized spacial score (nSPS) is 18.2. The Kier molecular flexibility index (Phi) is 3.88. The minimum atomic E-state index is -3.62. The summed E-state index contributed by atoms with van der Waals surface area (Å²) in [5.41, 5.74) is -0.244. The SMILES string of the molecule is CC1CCN(S(=O)(=O)c2ccc(F)c(C#N)c2)CC1. The molecule has 1 aromatic carbocycles. The van der Waals surface area contributed by atoms with Gasteiger partial charge in [-0.25, -0.2) is 12.8 Å². The first-order valence-corrected chi connectivity index (χ1v) is 7.59. The molecule has 1 fully saturated rings. The van der Waals surface area contributed by atoms with Crippen LogP contribution in [0.2, 0.25) is 0 Å². The molecular formula is C13H15FN2O2S. The van der Waals surface area contributed by atoms with Gasteiger partial charge in [-0.1, -0.05) is 6.92 Å². The van der Waals surface area contributed by atoms with Crippen LogP contribution in [0.15, 0.2) is 23.1 Å². The number of nitriles is 1. The lowest BCUT2D eigenvalue weighted by Gasteiger charge is -2.29. The van der Waals surface area contributed by atoms with Crippen LogP contribution in [0, 0.1) is 23.1 Å². The average molecular weight is 282 g/mol. The lowest BCUT2D eigenvalue weighted by molar-refractivity contribution is 0.288. The van der Waals surface area contributed by atoms with E-state index in [1.54, 1.807) is 6.07 Å². The van der Waals surface area contributed by atoms with Crippen LogP contribution in [-0.2, 0) is 10.0 Å². The molecule has 0 amide bonds. The molecule has 102 valence electrons. The molecule has 0 atom stereocenters. The first-order valence-electron chi connectivity index (χ1n) is 6.15. The van der Waals surface area contributed by atoms with Crippen LogP contribution in [0.1, 0.15) is 25.3 Å². The van der Waals surface area contributed by atoms with Crippen molar-refractivity contribution < 1.29 is 12.8 Å². The molecular weight excluding hydrogens is 267 g/mol. The van der Waals surface area contributed by atoms with Gasteiger partial charge in [-0.2, -0.15) is 9.57 Å². The van der Waals surface area contributed by atoms with Crippen molar-refractivity contribution in [3.63, 3.8) is 0 Å². The van der Waals surface area contributed by atoms with E-state index in [2.05, 4.69) is 6.92 Å². The molecule has 0 N–H and O–H groups in total. The number of halogens is 1. The van der Waals surface area contributed by atoms with Crippen molar-refractivity contribution in [3.05, 3.63) is 29.6 Å². The number of hydrogen-bond donors (Lipinski definition) is 0. The zero-order valence-corrected chi connectivity index (χ0v) is 11.5. The molecule has 0 spiro atoms. The number of hydrogen-bond acceptors (Lipinski definition) is 3. The molecule has 2 rings (SSSR count). The topological polar surface area (TPSA) is 61.2 Å². The summed E-state index contributed by atoms with van der Waals surface area (Å²) < 4.78 is 39.4. The van der Waals surface area contributed by atoms with Gasteiger partial charge in [0.05, 0.1) is 10.5 Å². The van der Waals surface area contributed by atoms with Crippen LogP contribution < -0.4 is 0 Å². The predicted molar refractivity (Wildman–Crippen MR) is 68.3 cm³/mol. The first kappa shape index (κ1) is 14.0. The second-order valence-electron chi connectivity index (χ2n) is 4.84. The lowest BCUT2D eigenvalue weighted by atomic mass is 10.0. The van der Waals surface area contributed by atoms with Crippen LogP contribution in [0.25, 0.3) is 0 Å². The number of rotatable bonds is 2. The van der Waals surface area contributed by atoms with Gasteiger partial charge >= 0.3 is 0 Å². The van der Waals surface area contributed by atoms with Gasteiger partial charge in [-0.3, -0.25) is 0 Å². The summed E-state index contributed by atoms with van der Waals surface area (Å²) in [6.07, 6.45) is 1.65. The van der Waals surface area contributed by atoms with Crippen molar-refractivity contribution >= 4 is 10.0 Å². The molecule has 4 nitrogen and oxygen atoms in total. The number of benzene rings is 1. The summed E-state index contributed by atoms with van der Waals surface area (Å²) in [6, 6.07) is 5.00. The zero-order valence-electron chi connectivity index (χ0n) is 10.6. The Morgan fingerprint density at radius 1 is 1.37 bits per heavy atom. The Balaban J connectivity index is 2.32. The van der Waals surface area contributed by atoms with Gasteiger partial charge in [0, 0.05) is 13.1 Å². The average Bonchev–Trinajstić information content (AvgIpc) is 2.39. The van der Waals surface area contributed by atoms with Crippen molar-refractivity contribution in [2.24, 2.45) is 5.92 Å². The molecule has 1 heterocycles. The van der Waals surface area contributed by atoms with Crippen LogP contribution in [-0.4, -0.2) is 25.8 Å². The first-order chi connectivity index (χ1) is 8.95. The second kappa shape index (κ2) is 5.27. The van der Waals surface area contributed by atoms with Crippen molar-refractivity contribution in [1.29, 1.82) is 5.26 Å². The van der Waals surface area contributed by atoms with Crippen molar-refractivity contribution in [3.8, 4) is 6.07 Å². The zero-order chi connectivity index (χ0) is 14.0. The highest BCUT2D eigenvalue weighted by molar-refractivity contribution is 7.89. The van der Waals surface area contributed by atoms with Crippen molar-refractivity contribution in [2.75, 3.05) is 13.1 Å². The van der Waals surface area contributed by atoms with Crippen molar-refractivity contribution in [2.45, 2.75) is 24.7 Å². The highest BCUT2D eigenvalue weighted by Gasteiger charge is 2.28. The molecule has 0 bridgehead atoms. The molecule has 0 radical (unpaired) electrons. The molecule has 0 aliphatic carbocycles. The maximum atomic E-state index is 13.2. The van der Waals surface area contributed by atoms with E-state index in [0.717, 1.165) is 25.0 Å². The highest BCUT2D eigenvalue weighted by Crippen LogP contribution is 2.24. The van der Waals surface area contributed by atoms with E-state index < -0.39 is 15.8 Å². The predicted octanol–water partition coefficient (Wildman–Crippen LogP) is 2.12. The number of piperidine rings is 1. The quantitative estimate of drug-likeness (QED) is 0.834. The van der Waals surface area contributed by atoms with Crippen LogP contribution in [0.5, 0.6) is 0 Å². The summed E-state index contributed by atoms with van der Waals surface area (Å²) in [4.78, 5) is -0.0139. The summed E-state index contributed by atoms with van der Waals surface area (Å²) in [7, 11) is -3.62. The van der Waals surface area contributed by atoms with Gasteiger partial charge in [0.25, 0.3) is 0 Å². The van der Waals surface area contributed by atoms with Crippen LogP contribution in [0.3, 0.4) is 0 Å². The Bertz CT molecular complexity index is 614. The minimum absolute atomic E-state index is 0.0139. The largest absolute Gasteiger partial charge is 0.243 e. The summed E-state index contributed by atoms with van der Waals surface area (Å²) >= 11 is 0. The van der Waals surface area contributed by atoms with E-state index in [4.69, 9.17) is 5.26 Å². The summed E-state index contributed by atoms with van der Waals surface area (Å²) in [5.74, 6) is -0.178. The fourth-order valence-electron chi connectivity index (χ4n) is 2.12. The molecule has 1 saturated heterocycles. The molecule has 0 unspecified atom stereocenters. The van der Waals surface area contributed by atoms with Gasteiger partial charge in [-0.05, 0) is 37.0 Å². The van der Waals surface area contributed by atoms with Gasteiger partial charge < -0.3 is 0 Å². The second-order valence-corrected chi connectivity index (χ2v) is 6.78. The summed E-state index contributed by atoms with van der Waals surface area (Å²) in [5, 5.41) is 8.76. The third-order valence-corrected chi connectivity index (χ3v) is 5.33. The van der Waals surface area contributed by atoms with Crippen LogP contribution in [0.4, 0.5) is 4.39 Å². The Morgan fingerprint density at radius 2 is 2.00 bits per heavy atom. The van der Waals surface area contributed by atoms with E-state index in [9.17, 15) is 12.8 Å². The highest BCUT2D eigenvalue weighted by atomic mass is 32.2. The van der Waals surface area contributed by atoms with Crippen LogP contribution >= 0.6 is 0 Å². The molecule has 0 saturated carbocycles. The maximum absolute atomic E-state index is 13.2. The Hall–Kier alpha value is -1.45. The smallest absolute Gasteiger partial charge is 0.207 e. The monoisotopic (exact) mass is 282 g/mol. The molecule has 19 heavy (non-hydrogen) atoms. The molecule has 6 heteroatoms. The minimum Gasteiger partial charge on any atom is -0.207 e. The lowest BCUT2D eigenvalue weighted by Crippen LogP contribution is -2.37. The fraction of sp³-hybridized carbons (Fsp3) is 0.462. The summed E-state index contributed by atoms with van der Waals surface area (Å²) in [6.45, 7) is 3.04. The number of nitrogens with zero attached hydrogens (tertiary/aromatic N) is 2. The maximum Gasteiger partial charge on any atom is 0.243 e. The van der Waals surface area contributed by atoms with Gasteiger partial charge in [0.15, 0.2) is 0 Å². The Labute approximate surface area is 112 Å². The fourth-order valence-corrected chi connectivity index (χ4v) is 3.62. The molecule has 1 aliphatic heterocycles. The molecule has 1 aromatic rings. The van der Waals surface area contributed by atoms with E-state index >= 15 is 0 Å². The van der Waals surface area contributed by atoms with E-state index in [1.165, 1.54) is 10.4 Å². The standard InChI is InChI=1S/C13H15FN2O2S/c1-10-4-6-16(7-5-10)19(17,18)12-2-3-13(14)11(8-12)9-15/h2-3,8,10H,4-7H2,1H3.